The maximum Gasteiger partial charge on any atom is 0.111 e. The summed E-state index contributed by atoms with van der Waals surface area (Å²) in [4.78, 5) is 3.98. The molecule has 1 N–H and O–H groups in total. The molecule has 0 spiro atoms. The number of halogens is 1. The zero-order valence-corrected chi connectivity index (χ0v) is 6.60. The van der Waals surface area contributed by atoms with E-state index in [0.717, 1.165) is 17.0 Å². The number of hydrogen-bond acceptors (Lipinski definition) is 2. The van der Waals surface area contributed by atoms with Crippen LogP contribution in [0.2, 0.25) is 0 Å². The smallest absolute Gasteiger partial charge is 0.111 e. The van der Waals surface area contributed by atoms with E-state index in [4.69, 9.17) is 11.6 Å². The molecule has 0 amide bonds. The summed E-state index contributed by atoms with van der Waals surface area (Å²) in [5, 5.41) is 5.86. The van der Waals surface area contributed by atoms with Crippen LogP contribution in [0.25, 0.3) is 11.2 Å². The molecule has 1 aromatic rings. The second kappa shape index (κ2) is 2.55. The highest BCUT2D eigenvalue weighted by molar-refractivity contribution is 6.44. The first kappa shape index (κ1) is 6.68. The number of pyridine rings is 1. The summed E-state index contributed by atoms with van der Waals surface area (Å²) >= 11 is 5.89. The number of aromatic nitrogens is 1. The summed E-state index contributed by atoms with van der Waals surface area (Å²) in [6.07, 6.45) is 5.62. The normalized spacial score (nSPS) is 14.8. The molecule has 11 heavy (non-hydrogen) atoms. The van der Waals surface area contributed by atoms with E-state index < -0.39 is 0 Å². The molecule has 1 aromatic heterocycles. The van der Waals surface area contributed by atoms with Gasteiger partial charge >= 0.3 is 0 Å². The molecular weight excluding hydrogens is 160 g/mol. The van der Waals surface area contributed by atoms with Crippen LogP contribution in [0.4, 0.5) is 0 Å². The molecule has 2 heterocycles. The maximum absolute atomic E-state index is 5.89. The zero-order valence-electron chi connectivity index (χ0n) is 5.84. The number of nitrogens with zero attached hydrogens (tertiary/aromatic N) is 1. The molecule has 2 nitrogen and oxygen atoms in total. The quantitative estimate of drug-likeness (QED) is 0.539. The Morgan fingerprint density at radius 2 is 2.45 bits per heavy atom. The number of fused-ring (bicyclic) bond motifs is 1. The molecule has 0 saturated carbocycles. The molecule has 0 bridgehead atoms. The van der Waals surface area contributed by atoms with Gasteiger partial charge in [0.05, 0.1) is 0 Å². The van der Waals surface area contributed by atoms with Gasteiger partial charge in [0, 0.05) is 24.2 Å². The Hall–Kier alpha value is -1.02. The summed E-state index contributed by atoms with van der Waals surface area (Å²) in [7, 11) is 0. The van der Waals surface area contributed by atoms with Crippen LogP contribution in [0.5, 0.6) is 0 Å². The first-order chi connectivity index (χ1) is 5.38. The van der Waals surface area contributed by atoms with Gasteiger partial charge in [0.1, 0.15) is 5.16 Å². The van der Waals surface area contributed by atoms with Gasteiger partial charge in [-0.25, -0.2) is 0 Å². The SMILES string of the molecule is ClC1=c2cnccc2=CCN1. The van der Waals surface area contributed by atoms with Gasteiger partial charge in [-0.1, -0.05) is 17.7 Å². The molecule has 0 aliphatic carbocycles. The molecule has 1 aliphatic rings. The Bertz CT molecular complexity index is 383. The van der Waals surface area contributed by atoms with E-state index in [-0.39, 0.29) is 0 Å². The Morgan fingerprint density at radius 1 is 1.55 bits per heavy atom. The van der Waals surface area contributed by atoms with Crippen LogP contribution >= 0.6 is 11.6 Å². The lowest BCUT2D eigenvalue weighted by atomic mass is 10.2. The fourth-order valence-electron chi connectivity index (χ4n) is 1.11. The zero-order chi connectivity index (χ0) is 7.68. The van der Waals surface area contributed by atoms with Crippen molar-refractivity contribution < 1.29 is 0 Å². The largest absolute Gasteiger partial charge is 0.372 e. The molecule has 0 atom stereocenters. The van der Waals surface area contributed by atoms with E-state index >= 15 is 0 Å². The van der Waals surface area contributed by atoms with Crippen LogP contribution < -0.4 is 15.8 Å². The van der Waals surface area contributed by atoms with Gasteiger partial charge in [-0.3, -0.25) is 4.98 Å². The molecule has 0 fully saturated rings. The van der Waals surface area contributed by atoms with Crippen LogP contribution in [-0.4, -0.2) is 11.5 Å². The van der Waals surface area contributed by atoms with Crippen LogP contribution in [0.15, 0.2) is 18.5 Å². The summed E-state index contributed by atoms with van der Waals surface area (Å²) in [5.41, 5.74) is 0. The molecule has 56 valence electrons. The summed E-state index contributed by atoms with van der Waals surface area (Å²) in [5.74, 6) is 0. The Labute approximate surface area is 69.2 Å². The van der Waals surface area contributed by atoms with Crippen molar-refractivity contribution in [1.82, 2.24) is 10.3 Å². The van der Waals surface area contributed by atoms with Gasteiger partial charge in [0.25, 0.3) is 0 Å². The van der Waals surface area contributed by atoms with Crippen molar-refractivity contribution in [2.45, 2.75) is 0 Å². The van der Waals surface area contributed by atoms with Gasteiger partial charge in [0.15, 0.2) is 0 Å². The lowest BCUT2D eigenvalue weighted by Crippen LogP contribution is -2.35. The summed E-state index contributed by atoms with van der Waals surface area (Å²) < 4.78 is 0. The van der Waals surface area contributed by atoms with Crippen LogP contribution in [0, 0.1) is 0 Å². The lowest BCUT2D eigenvalue weighted by molar-refractivity contribution is 1.03. The Morgan fingerprint density at radius 3 is 3.27 bits per heavy atom. The highest BCUT2D eigenvalue weighted by Crippen LogP contribution is 1.93. The predicted octanol–water partition coefficient (Wildman–Crippen LogP) is -0.230. The minimum absolute atomic E-state index is 0.690. The average Bonchev–Trinajstić information content (AvgIpc) is 2.06. The van der Waals surface area contributed by atoms with Crippen molar-refractivity contribution in [3.05, 3.63) is 28.9 Å². The van der Waals surface area contributed by atoms with Gasteiger partial charge < -0.3 is 5.32 Å². The molecule has 1 aliphatic heterocycles. The monoisotopic (exact) mass is 166 g/mol. The Kier molecular flexibility index (Phi) is 1.55. The van der Waals surface area contributed by atoms with Crippen molar-refractivity contribution in [3.8, 4) is 0 Å². The predicted molar refractivity (Wildman–Crippen MR) is 45.2 cm³/mol. The van der Waals surface area contributed by atoms with E-state index in [0.29, 0.717) is 5.16 Å². The van der Waals surface area contributed by atoms with Crippen molar-refractivity contribution >= 4 is 22.8 Å². The highest BCUT2D eigenvalue weighted by Gasteiger charge is 1.97. The minimum Gasteiger partial charge on any atom is -0.372 e. The van der Waals surface area contributed by atoms with Crippen LogP contribution in [-0.2, 0) is 0 Å². The third kappa shape index (κ3) is 1.10. The average molecular weight is 167 g/mol. The van der Waals surface area contributed by atoms with Crippen molar-refractivity contribution in [1.29, 1.82) is 0 Å². The van der Waals surface area contributed by atoms with Gasteiger partial charge in [-0.2, -0.15) is 0 Å². The molecule has 2 rings (SSSR count). The molecule has 0 radical (unpaired) electrons. The summed E-state index contributed by atoms with van der Waals surface area (Å²) in [6, 6.07) is 1.96. The van der Waals surface area contributed by atoms with Crippen molar-refractivity contribution in [3.63, 3.8) is 0 Å². The number of rotatable bonds is 0. The van der Waals surface area contributed by atoms with E-state index in [1.807, 2.05) is 6.07 Å². The number of hydrogen-bond donors (Lipinski definition) is 1. The van der Waals surface area contributed by atoms with Crippen molar-refractivity contribution in [2.24, 2.45) is 0 Å². The van der Waals surface area contributed by atoms with Crippen LogP contribution in [0.3, 0.4) is 0 Å². The first-order valence-electron chi connectivity index (χ1n) is 3.42. The topological polar surface area (TPSA) is 24.9 Å². The van der Waals surface area contributed by atoms with E-state index in [1.165, 1.54) is 0 Å². The standard InChI is InChI=1S/C8H7ClN2/c9-8-7-5-10-3-1-6(7)2-4-11-8/h1-3,5,11H,4H2. The van der Waals surface area contributed by atoms with Gasteiger partial charge in [0.2, 0.25) is 0 Å². The van der Waals surface area contributed by atoms with E-state index in [9.17, 15) is 0 Å². The fraction of sp³-hybridized carbons (Fsp3) is 0.125. The second-order valence-corrected chi connectivity index (χ2v) is 2.74. The van der Waals surface area contributed by atoms with E-state index in [1.54, 1.807) is 12.4 Å². The summed E-state index contributed by atoms with van der Waals surface area (Å²) in [6.45, 7) is 0.801. The maximum atomic E-state index is 5.89. The third-order valence-corrected chi connectivity index (χ3v) is 2.01. The molecule has 0 unspecified atom stereocenters. The first-order valence-corrected chi connectivity index (χ1v) is 3.79. The highest BCUT2D eigenvalue weighted by atomic mass is 35.5. The fourth-order valence-corrected chi connectivity index (χ4v) is 1.35. The van der Waals surface area contributed by atoms with Gasteiger partial charge in [-0.15, -0.1) is 0 Å². The van der Waals surface area contributed by atoms with E-state index in [2.05, 4.69) is 16.4 Å². The Balaban J connectivity index is 2.89. The van der Waals surface area contributed by atoms with Crippen molar-refractivity contribution in [2.75, 3.05) is 6.54 Å². The minimum atomic E-state index is 0.690. The molecular formula is C8H7ClN2. The molecule has 0 aromatic carbocycles. The van der Waals surface area contributed by atoms with Gasteiger partial charge in [-0.05, 0) is 11.3 Å². The van der Waals surface area contributed by atoms with Crippen LogP contribution in [0.1, 0.15) is 0 Å². The lowest BCUT2D eigenvalue weighted by Gasteiger charge is -2.05. The second-order valence-electron chi connectivity index (χ2n) is 2.36. The molecule has 3 heteroatoms. The number of nitrogens with one attached hydrogen (secondary N) is 1. The molecule has 0 saturated heterocycles. The third-order valence-electron chi connectivity index (χ3n) is 1.67.